The van der Waals surface area contributed by atoms with Crippen LogP contribution in [0.1, 0.15) is 12.0 Å². The van der Waals surface area contributed by atoms with Crippen molar-refractivity contribution in [1.82, 2.24) is 10.6 Å². The van der Waals surface area contributed by atoms with E-state index in [1.165, 1.54) is 12.1 Å². The maximum atomic E-state index is 13.4. The van der Waals surface area contributed by atoms with E-state index in [0.717, 1.165) is 25.1 Å². The molecular weight excluding hydrogens is 245 g/mol. The maximum absolute atomic E-state index is 13.4. The van der Waals surface area contributed by atoms with Crippen LogP contribution in [0.2, 0.25) is 0 Å². The second-order valence-electron chi connectivity index (χ2n) is 4.54. The molecule has 2 aliphatic heterocycles. The molecule has 0 aliphatic carbocycles. The molecule has 2 heterocycles. The number of primary amides is 1. The molecule has 3 rings (SSSR count). The van der Waals surface area contributed by atoms with E-state index in [1.807, 2.05) is 6.08 Å². The van der Waals surface area contributed by atoms with Gasteiger partial charge in [-0.05, 0) is 36.7 Å². The molecule has 0 bridgehead atoms. The van der Waals surface area contributed by atoms with E-state index in [9.17, 15) is 9.18 Å². The molecule has 0 unspecified atom stereocenters. The standard InChI is InChI=1S/C14H13FN3O/c15-9-1-2-11-10(7-9)12(13(18-11)14(16)19)8-3-5-17-6-4-8/h1-3,7,17H,4-6H2,(H2,16,19). The van der Waals surface area contributed by atoms with Crippen molar-refractivity contribution in [2.45, 2.75) is 6.42 Å². The van der Waals surface area contributed by atoms with Crippen LogP contribution in [0.15, 0.2) is 35.5 Å². The lowest BCUT2D eigenvalue weighted by Gasteiger charge is -2.16. The van der Waals surface area contributed by atoms with Crippen molar-refractivity contribution in [3.8, 4) is 0 Å². The number of carbonyl (C=O) groups is 1. The third kappa shape index (κ3) is 2.02. The second-order valence-corrected chi connectivity index (χ2v) is 4.54. The Kier molecular flexibility index (Phi) is 2.83. The lowest BCUT2D eigenvalue weighted by Crippen LogP contribution is -2.22. The minimum Gasteiger partial charge on any atom is -0.364 e. The van der Waals surface area contributed by atoms with Gasteiger partial charge in [-0.1, -0.05) is 6.08 Å². The van der Waals surface area contributed by atoms with E-state index in [2.05, 4.69) is 10.6 Å². The summed E-state index contributed by atoms with van der Waals surface area (Å²) in [7, 11) is 0. The van der Waals surface area contributed by atoms with E-state index >= 15 is 0 Å². The van der Waals surface area contributed by atoms with E-state index < -0.39 is 5.91 Å². The average Bonchev–Trinajstić information content (AvgIpc) is 2.78. The summed E-state index contributed by atoms with van der Waals surface area (Å²) in [5, 5.41) is 7.42. The molecule has 4 nitrogen and oxygen atoms in total. The molecule has 1 amide bonds. The predicted molar refractivity (Wildman–Crippen MR) is 69.9 cm³/mol. The summed E-state index contributed by atoms with van der Waals surface area (Å²) in [5.41, 5.74) is 8.56. The van der Waals surface area contributed by atoms with Gasteiger partial charge in [0.15, 0.2) is 0 Å². The number of nitrogens with zero attached hydrogens (tertiary/aromatic N) is 1. The largest absolute Gasteiger partial charge is 0.364 e. The molecule has 5 heteroatoms. The van der Waals surface area contributed by atoms with Gasteiger partial charge in [0.25, 0.3) is 5.91 Å². The number of carbonyl (C=O) groups excluding carboxylic acids is 1. The zero-order valence-corrected chi connectivity index (χ0v) is 10.2. The van der Waals surface area contributed by atoms with Crippen LogP contribution < -0.4 is 16.4 Å². The van der Waals surface area contributed by atoms with Crippen molar-refractivity contribution in [1.29, 1.82) is 0 Å². The van der Waals surface area contributed by atoms with Crippen molar-refractivity contribution in [2.24, 2.45) is 5.73 Å². The molecule has 1 aromatic carbocycles. The van der Waals surface area contributed by atoms with Gasteiger partial charge in [-0.15, -0.1) is 0 Å². The topological polar surface area (TPSA) is 69.2 Å². The van der Waals surface area contributed by atoms with Crippen LogP contribution in [0, 0.1) is 5.82 Å². The molecule has 0 saturated heterocycles. The summed E-state index contributed by atoms with van der Waals surface area (Å²) < 4.78 is 13.4. The van der Waals surface area contributed by atoms with Crippen molar-refractivity contribution < 1.29 is 9.18 Å². The highest BCUT2D eigenvalue weighted by atomic mass is 19.1. The molecule has 2 aliphatic rings. The molecule has 0 saturated carbocycles. The van der Waals surface area contributed by atoms with E-state index in [0.29, 0.717) is 16.8 Å². The van der Waals surface area contributed by atoms with Crippen molar-refractivity contribution in [3.63, 3.8) is 0 Å². The number of nitrogens with two attached hydrogens (primary N) is 1. The van der Waals surface area contributed by atoms with Crippen LogP contribution >= 0.6 is 0 Å². The van der Waals surface area contributed by atoms with Gasteiger partial charge < -0.3 is 11.1 Å². The minimum atomic E-state index is -0.578. The predicted octanol–water partition coefficient (Wildman–Crippen LogP) is 1.19. The Bertz CT molecular complexity index is 619. The van der Waals surface area contributed by atoms with Crippen LogP contribution in [0.25, 0.3) is 5.57 Å². The lowest BCUT2D eigenvalue weighted by atomic mass is 9.93. The van der Waals surface area contributed by atoms with Crippen LogP contribution in [0.5, 0.6) is 0 Å². The number of halogens is 1. The summed E-state index contributed by atoms with van der Waals surface area (Å²) in [6, 6.07) is 4.32. The highest BCUT2D eigenvalue weighted by Gasteiger charge is 2.29. The first kappa shape index (κ1) is 11.9. The quantitative estimate of drug-likeness (QED) is 0.836. The summed E-state index contributed by atoms with van der Waals surface area (Å²) in [5.74, 6) is -0.919. The monoisotopic (exact) mass is 258 g/mol. The van der Waals surface area contributed by atoms with Crippen molar-refractivity contribution in [3.05, 3.63) is 46.9 Å². The third-order valence-corrected chi connectivity index (χ3v) is 3.32. The van der Waals surface area contributed by atoms with Gasteiger partial charge >= 0.3 is 0 Å². The number of allylic oxidation sites excluding steroid dienone is 1. The number of benzene rings is 1. The molecule has 19 heavy (non-hydrogen) atoms. The summed E-state index contributed by atoms with van der Waals surface area (Å²) in [4.78, 5) is 11.5. The van der Waals surface area contributed by atoms with Gasteiger partial charge in [-0.25, -0.2) is 9.71 Å². The van der Waals surface area contributed by atoms with Crippen molar-refractivity contribution >= 4 is 17.2 Å². The average molecular weight is 258 g/mol. The van der Waals surface area contributed by atoms with Gasteiger partial charge in [0.2, 0.25) is 0 Å². The highest BCUT2D eigenvalue weighted by molar-refractivity contribution is 6.08. The SMILES string of the molecule is NC(=O)C1=C(C2=CCNCC2)c2cc(F)ccc2[N]1. The van der Waals surface area contributed by atoms with Gasteiger partial charge in [-0.3, -0.25) is 4.79 Å². The van der Waals surface area contributed by atoms with Crippen LogP contribution in [-0.4, -0.2) is 19.0 Å². The van der Waals surface area contributed by atoms with E-state index in [4.69, 9.17) is 5.73 Å². The normalized spacial score (nSPS) is 17.8. The Labute approximate surface area is 110 Å². The number of rotatable bonds is 2. The fourth-order valence-electron chi connectivity index (χ4n) is 2.46. The van der Waals surface area contributed by atoms with Crippen LogP contribution in [-0.2, 0) is 4.79 Å². The van der Waals surface area contributed by atoms with E-state index in [-0.39, 0.29) is 11.5 Å². The zero-order chi connectivity index (χ0) is 13.4. The molecule has 0 atom stereocenters. The molecule has 97 valence electrons. The Hall–Kier alpha value is -2.14. The number of fused-ring (bicyclic) bond motifs is 1. The summed E-state index contributed by atoms with van der Waals surface area (Å²) >= 11 is 0. The minimum absolute atomic E-state index is 0.230. The Morgan fingerprint density at radius 2 is 2.26 bits per heavy atom. The number of hydrogen-bond acceptors (Lipinski definition) is 2. The van der Waals surface area contributed by atoms with Crippen LogP contribution in [0.4, 0.5) is 10.1 Å². The molecular formula is C14H13FN3O. The molecule has 0 fully saturated rings. The Morgan fingerprint density at radius 3 is 2.95 bits per heavy atom. The molecule has 1 radical (unpaired) electrons. The molecule has 0 spiro atoms. The fourth-order valence-corrected chi connectivity index (χ4v) is 2.46. The van der Waals surface area contributed by atoms with Gasteiger partial charge in [0.1, 0.15) is 11.5 Å². The Morgan fingerprint density at radius 1 is 1.42 bits per heavy atom. The van der Waals surface area contributed by atoms with Gasteiger partial charge in [0.05, 0.1) is 5.69 Å². The first-order valence-electron chi connectivity index (χ1n) is 6.12. The molecule has 3 N–H and O–H groups in total. The number of hydrogen-bond donors (Lipinski definition) is 2. The maximum Gasteiger partial charge on any atom is 0.267 e. The summed E-state index contributed by atoms with van der Waals surface area (Å²) in [6.07, 6.45) is 2.77. The first-order valence-corrected chi connectivity index (χ1v) is 6.12. The third-order valence-electron chi connectivity index (χ3n) is 3.32. The van der Waals surface area contributed by atoms with E-state index in [1.54, 1.807) is 6.07 Å². The zero-order valence-electron chi connectivity index (χ0n) is 10.2. The van der Waals surface area contributed by atoms with Crippen LogP contribution in [0.3, 0.4) is 0 Å². The summed E-state index contributed by atoms with van der Waals surface area (Å²) in [6.45, 7) is 1.56. The smallest absolute Gasteiger partial charge is 0.267 e. The van der Waals surface area contributed by atoms with Gasteiger partial charge in [0, 0.05) is 17.7 Å². The second kappa shape index (κ2) is 4.51. The lowest BCUT2D eigenvalue weighted by molar-refractivity contribution is -0.114. The molecule has 0 aromatic heterocycles. The highest BCUT2D eigenvalue weighted by Crippen LogP contribution is 2.40. The fraction of sp³-hybridized carbons (Fsp3) is 0.214. The first-order chi connectivity index (χ1) is 9.16. The Balaban J connectivity index is 2.15. The molecule has 1 aromatic rings. The van der Waals surface area contributed by atoms with Gasteiger partial charge in [-0.2, -0.15) is 0 Å². The number of nitrogens with one attached hydrogen (secondary N) is 1. The number of amides is 1. The van der Waals surface area contributed by atoms with Crippen molar-refractivity contribution in [2.75, 3.05) is 13.1 Å².